The molecule has 2 fully saturated rings. The normalized spacial score (nSPS) is 22.5. The van der Waals surface area contributed by atoms with E-state index in [9.17, 15) is 4.79 Å². The molecule has 5 heteroatoms. The van der Waals surface area contributed by atoms with Crippen LogP contribution in [-0.4, -0.2) is 48.1 Å². The number of nitrogens with zero attached hydrogens (tertiary/aromatic N) is 2. The van der Waals surface area contributed by atoms with Crippen LogP contribution in [0.1, 0.15) is 49.9 Å². The Bertz CT molecular complexity index is 462. The Morgan fingerprint density at radius 1 is 1.23 bits per heavy atom. The summed E-state index contributed by atoms with van der Waals surface area (Å²) in [5.74, 6) is 0. The van der Waals surface area contributed by atoms with Gasteiger partial charge in [0.25, 0.3) is 0 Å². The molecule has 3 rings (SSSR count). The molecule has 1 N–H and O–H groups in total. The SMILES string of the molecule is CC(c1cccs1)N1CCN(C(=O)NC2CCCCC2)CC1. The molecule has 1 aliphatic carbocycles. The number of nitrogens with one attached hydrogen (secondary N) is 1. The van der Waals surface area contributed by atoms with Gasteiger partial charge in [-0.2, -0.15) is 0 Å². The van der Waals surface area contributed by atoms with E-state index in [2.05, 4.69) is 34.7 Å². The highest BCUT2D eigenvalue weighted by Crippen LogP contribution is 2.25. The van der Waals surface area contributed by atoms with Gasteiger partial charge in [0.15, 0.2) is 0 Å². The van der Waals surface area contributed by atoms with Gasteiger partial charge in [-0.15, -0.1) is 11.3 Å². The van der Waals surface area contributed by atoms with Gasteiger partial charge < -0.3 is 10.2 Å². The van der Waals surface area contributed by atoms with Gasteiger partial charge in [0.1, 0.15) is 0 Å². The molecule has 2 heterocycles. The number of hydrogen-bond acceptors (Lipinski definition) is 3. The zero-order valence-electron chi connectivity index (χ0n) is 13.5. The first kappa shape index (κ1) is 15.8. The van der Waals surface area contributed by atoms with Crippen molar-refractivity contribution in [1.29, 1.82) is 0 Å². The van der Waals surface area contributed by atoms with Crippen molar-refractivity contribution in [2.24, 2.45) is 0 Å². The summed E-state index contributed by atoms with van der Waals surface area (Å²) < 4.78 is 0. The van der Waals surface area contributed by atoms with Gasteiger partial charge in [-0.1, -0.05) is 25.3 Å². The van der Waals surface area contributed by atoms with Crippen LogP contribution >= 0.6 is 11.3 Å². The monoisotopic (exact) mass is 321 g/mol. The fourth-order valence-corrected chi connectivity index (χ4v) is 4.35. The Morgan fingerprint density at radius 2 is 1.95 bits per heavy atom. The largest absolute Gasteiger partial charge is 0.335 e. The van der Waals surface area contributed by atoms with Gasteiger partial charge in [-0.05, 0) is 31.2 Å². The number of urea groups is 1. The third kappa shape index (κ3) is 3.82. The van der Waals surface area contributed by atoms with E-state index in [1.54, 1.807) is 0 Å². The van der Waals surface area contributed by atoms with Crippen LogP contribution in [0.25, 0.3) is 0 Å². The van der Waals surface area contributed by atoms with E-state index >= 15 is 0 Å². The first-order valence-electron chi connectivity index (χ1n) is 8.57. The van der Waals surface area contributed by atoms with Gasteiger partial charge >= 0.3 is 6.03 Å². The molecule has 1 aromatic heterocycles. The van der Waals surface area contributed by atoms with Gasteiger partial charge in [0, 0.05) is 43.1 Å². The Balaban J connectivity index is 1.45. The van der Waals surface area contributed by atoms with Crippen LogP contribution in [0.3, 0.4) is 0 Å². The first-order valence-corrected chi connectivity index (χ1v) is 9.45. The lowest BCUT2D eigenvalue weighted by Gasteiger charge is -2.38. The first-order chi connectivity index (χ1) is 10.7. The van der Waals surface area contributed by atoms with Crippen LogP contribution in [0.5, 0.6) is 0 Å². The van der Waals surface area contributed by atoms with E-state index in [-0.39, 0.29) is 6.03 Å². The molecule has 2 amide bonds. The van der Waals surface area contributed by atoms with Crippen molar-refractivity contribution in [3.63, 3.8) is 0 Å². The summed E-state index contributed by atoms with van der Waals surface area (Å²) >= 11 is 1.82. The fourth-order valence-electron chi connectivity index (χ4n) is 3.53. The van der Waals surface area contributed by atoms with E-state index in [1.807, 2.05) is 16.2 Å². The van der Waals surface area contributed by atoms with Gasteiger partial charge in [-0.3, -0.25) is 4.90 Å². The topological polar surface area (TPSA) is 35.6 Å². The minimum atomic E-state index is 0.148. The van der Waals surface area contributed by atoms with Crippen LogP contribution < -0.4 is 5.32 Å². The molecule has 1 aliphatic heterocycles. The summed E-state index contributed by atoms with van der Waals surface area (Å²) in [5, 5.41) is 5.37. The smallest absolute Gasteiger partial charge is 0.317 e. The van der Waals surface area contributed by atoms with Crippen LogP contribution in [-0.2, 0) is 0 Å². The second kappa shape index (κ2) is 7.47. The predicted molar refractivity (Wildman–Crippen MR) is 91.3 cm³/mol. The van der Waals surface area contributed by atoms with Crippen molar-refractivity contribution >= 4 is 17.4 Å². The third-order valence-electron chi connectivity index (χ3n) is 5.04. The summed E-state index contributed by atoms with van der Waals surface area (Å²) in [5.41, 5.74) is 0. The summed E-state index contributed by atoms with van der Waals surface area (Å²) in [6.45, 7) is 5.89. The highest BCUT2D eigenvalue weighted by atomic mass is 32.1. The molecule has 0 aromatic carbocycles. The van der Waals surface area contributed by atoms with Crippen molar-refractivity contribution in [1.82, 2.24) is 15.1 Å². The number of thiophene rings is 1. The maximum Gasteiger partial charge on any atom is 0.317 e. The summed E-state index contributed by atoms with van der Waals surface area (Å²) in [7, 11) is 0. The molecular weight excluding hydrogens is 294 g/mol. The minimum Gasteiger partial charge on any atom is -0.335 e. The molecule has 122 valence electrons. The summed E-state index contributed by atoms with van der Waals surface area (Å²) in [4.78, 5) is 18.3. The van der Waals surface area contributed by atoms with E-state index < -0.39 is 0 Å². The molecule has 1 unspecified atom stereocenters. The van der Waals surface area contributed by atoms with E-state index in [0.717, 1.165) is 39.0 Å². The van der Waals surface area contributed by atoms with E-state index in [1.165, 1.54) is 24.1 Å². The molecule has 1 saturated heterocycles. The second-order valence-corrected chi connectivity index (χ2v) is 7.48. The predicted octanol–water partition coefficient (Wildman–Crippen LogP) is 3.47. The Kier molecular flexibility index (Phi) is 5.37. The number of piperazine rings is 1. The maximum atomic E-state index is 12.4. The Morgan fingerprint density at radius 3 is 2.59 bits per heavy atom. The Labute approximate surface area is 137 Å². The summed E-state index contributed by atoms with van der Waals surface area (Å²) in [6, 6.07) is 5.34. The molecule has 0 bridgehead atoms. The molecule has 0 radical (unpaired) electrons. The van der Waals surface area contributed by atoms with Crippen molar-refractivity contribution in [3.8, 4) is 0 Å². The number of hydrogen-bond donors (Lipinski definition) is 1. The van der Waals surface area contributed by atoms with Crippen LogP contribution in [0, 0.1) is 0 Å². The third-order valence-corrected chi connectivity index (χ3v) is 6.08. The molecule has 0 spiro atoms. The zero-order chi connectivity index (χ0) is 15.4. The van der Waals surface area contributed by atoms with Crippen molar-refractivity contribution in [2.75, 3.05) is 26.2 Å². The lowest BCUT2D eigenvalue weighted by Crippen LogP contribution is -2.53. The van der Waals surface area contributed by atoms with Crippen LogP contribution in [0.15, 0.2) is 17.5 Å². The standard InChI is InChI=1S/C17H27N3OS/c1-14(16-8-5-13-22-16)19-9-11-20(12-10-19)17(21)18-15-6-3-2-4-7-15/h5,8,13-15H,2-4,6-7,9-12H2,1H3,(H,18,21). The van der Waals surface area contributed by atoms with Crippen molar-refractivity contribution in [2.45, 2.75) is 51.1 Å². The average Bonchev–Trinajstić information content (AvgIpc) is 3.10. The number of amides is 2. The quantitative estimate of drug-likeness (QED) is 0.925. The Hall–Kier alpha value is -1.07. The molecule has 1 atom stereocenters. The van der Waals surface area contributed by atoms with Crippen molar-refractivity contribution in [3.05, 3.63) is 22.4 Å². The minimum absolute atomic E-state index is 0.148. The van der Waals surface area contributed by atoms with Crippen LogP contribution in [0.2, 0.25) is 0 Å². The van der Waals surface area contributed by atoms with E-state index in [4.69, 9.17) is 0 Å². The molecular formula is C17H27N3OS. The van der Waals surface area contributed by atoms with Crippen LogP contribution in [0.4, 0.5) is 4.79 Å². The molecule has 22 heavy (non-hydrogen) atoms. The fraction of sp³-hybridized carbons (Fsp3) is 0.706. The van der Waals surface area contributed by atoms with Crippen molar-refractivity contribution < 1.29 is 4.79 Å². The highest BCUT2D eigenvalue weighted by molar-refractivity contribution is 7.10. The average molecular weight is 321 g/mol. The zero-order valence-corrected chi connectivity index (χ0v) is 14.3. The molecule has 1 saturated carbocycles. The lowest BCUT2D eigenvalue weighted by atomic mass is 9.96. The van der Waals surface area contributed by atoms with Gasteiger partial charge in [0.05, 0.1) is 0 Å². The lowest BCUT2D eigenvalue weighted by molar-refractivity contribution is 0.112. The van der Waals surface area contributed by atoms with Gasteiger partial charge in [0.2, 0.25) is 0 Å². The molecule has 1 aromatic rings. The van der Waals surface area contributed by atoms with Gasteiger partial charge in [-0.25, -0.2) is 4.79 Å². The number of carbonyl (C=O) groups excluding carboxylic acids is 1. The highest BCUT2D eigenvalue weighted by Gasteiger charge is 2.26. The maximum absolute atomic E-state index is 12.4. The molecule has 2 aliphatic rings. The van der Waals surface area contributed by atoms with E-state index in [0.29, 0.717) is 12.1 Å². The number of carbonyl (C=O) groups is 1. The molecule has 4 nitrogen and oxygen atoms in total. The number of rotatable bonds is 3. The summed E-state index contributed by atoms with van der Waals surface area (Å²) in [6.07, 6.45) is 6.15. The second-order valence-electron chi connectivity index (χ2n) is 6.50.